The van der Waals surface area contributed by atoms with Crippen molar-refractivity contribution in [2.75, 3.05) is 11.9 Å². The molecule has 0 spiro atoms. The van der Waals surface area contributed by atoms with Crippen molar-refractivity contribution >= 4 is 63.5 Å². The SMILES string of the molecule is CCOC(=O)c1c(NC(=O)/C=C/c2c(Cl)cccc2Cl)sc(C(=O)OC(C)(C)C)c1C. The Morgan fingerprint density at radius 1 is 1.13 bits per heavy atom. The van der Waals surface area contributed by atoms with E-state index in [1.165, 1.54) is 12.2 Å². The first-order chi connectivity index (χ1) is 14.4. The fourth-order valence-electron chi connectivity index (χ4n) is 2.55. The highest BCUT2D eigenvalue weighted by atomic mass is 35.5. The monoisotopic (exact) mass is 483 g/mol. The molecule has 1 N–H and O–H groups in total. The average Bonchev–Trinajstić information content (AvgIpc) is 2.96. The lowest BCUT2D eigenvalue weighted by molar-refractivity contribution is -0.111. The van der Waals surface area contributed by atoms with Gasteiger partial charge in [-0.05, 0) is 58.4 Å². The standard InChI is InChI=1S/C22H23Cl2NO5S/c1-6-29-20(27)17-12(2)18(21(28)30-22(3,4)5)31-19(17)25-16(26)11-10-13-14(23)8-7-9-15(13)24/h7-11H,6H2,1-5H3,(H,25,26)/b11-10+. The number of rotatable bonds is 6. The van der Waals surface area contributed by atoms with Gasteiger partial charge in [-0.3, -0.25) is 4.79 Å². The minimum absolute atomic E-state index is 0.116. The summed E-state index contributed by atoms with van der Waals surface area (Å²) < 4.78 is 10.5. The Morgan fingerprint density at radius 2 is 1.74 bits per heavy atom. The van der Waals surface area contributed by atoms with Crippen molar-refractivity contribution in [1.29, 1.82) is 0 Å². The molecule has 2 rings (SSSR count). The van der Waals surface area contributed by atoms with E-state index in [1.54, 1.807) is 52.8 Å². The molecule has 1 aromatic carbocycles. The summed E-state index contributed by atoms with van der Waals surface area (Å²) >= 11 is 13.2. The first-order valence-corrected chi connectivity index (χ1v) is 11.0. The van der Waals surface area contributed by atoms with Crippen molar-refractivity contribution in [3.05, 3.63) is 55.9 Å². The molecule has 0 radical (unpaired) electrons. The summed E-state index contributed by atoms with van der Waals surface area (Å²) in [5, 5.41) is 3.61. The van der Waals surface area contributed by atoms with E-state index in [0.717, 1.165) is 11.3 Å². The molecule has 1 aromatic heterocycles. The minimum Gasteiger partial charge on any atom is -0.462 e. The van der Waals surface area contributed by atoms with E-state index in [1.807, 2.05) is 0 Å². The van der Waals surface area contributed by atoms with Crippen LogP contribution < -0.4 is 5.32 Å². The smallest absolute Gasteiger partial charge is 0.349 e. The molecule has 1 heterocycles. The van der Waals surface area contributed by atoms with Gasteiger partial charge in [0, 0.05) is 21.7 Å². The first-order valence-electron chi connectivity index (χ1n) is 9.41. The second kappa shape index (κ2) is 10.3. The van der Waals surface area contributed by atoms with Crippen LogP contribution in [0.25, 0.3) is 6.08 Å². The fraction of sp³-hybridized carbons (Fsp3) is 0.318. The van der Waals surface area contributed by atoms with E-state index in [-0.39, 0.29) is 22.0 Å². The van der Waals surface area contributed by atoms with Crippen LogP contribution in [0.15, 0.2) is 24.3 Å². The van der Waals surface area contributed by atoms with Gasteiger partial charge < -0.3 is 14.8 Å². The second-order valence-electron chi connectivity index (χ2n) is 7.44. The molecule has 0 fully saturated rings. The lowest BCUT2D eigenvalue weighted by Gasteiger charge is -2.19. The molecule has 0 unspecified atom stereocenters. The van der Waals surface area contributed by atoms with Crippen LogP contribution >= 0.6 is 34.5 Å². The second-order valence-corrected chi connectivity index (χ2v) is 9.28. The van der Waals surface area contributed by atoms with Gasteiger partial charge in [0.05, 0.1) is 12.2 Å². The highest BCUT2D eigenvalue weighted by Crippen LogP contribution is 2.35. The van der Waals surface area contributed by atoms with E-state index >= 15 is 0 Å². The van der Waals surface area contributed by atoms with Gasteiger partial charge in [0.1, 0.15) is 15.5 Å². The Morgan fingerprint density at radius 3 is 2.29 bits per heavy atom. The number of ether oxygens (including phenoxy) is 2. The summed E-state index contributed by atoms with van der Waals surface area (Å²) in [5.74, 6) is -1.75. The van der Waals surface area contributed by atoms with E-state index in [2.05, 4.69) is 5.32 Å². The molecule has 31 heavy (non-hydrogen) atoms. The molecule has 0 aliphatic heterocycles. The molecule has 166 valence electrons. The minimum atomic E-state index is -0.710. The lowest BCUT2D eigenvalue weighted by atomic mass is 10.1. The summed E-state index contributed by atoms with van der Waals surface area (Å²) in [6, 6.07) is 5.00. The van der Waals surface area contributed by atoms with Crippen molar-refractivity contribution in [3.63, 3.8) is 0 Å². The van der Waals surface area contributed by atoms with Crippen LogP contribution in [0.2, 0.25) is 10.0 Å². The first kappa shape index (κ1) is 24.9. The molecule has 1 amide bonds. The molecule has 0 saturated heterocycles. The van der Waals surface area contributed by atoms with Gasteiger partial charge in [-0.15, -0.1) is 11.3 Å². The number of hydrogen-bond donors (Lipinski definition) is 1. The molecule has 6 nitrogen and oxygen atoms in total. The Balaban J connectivity index is 2.36. The van der Waals surface area contributed by atoms with Crippen LogP contribution in [0, 0.1) is 6.92 Å². The number of carbonyl (C=O) groups is 3. The van der Waals surface area contributed by atoms with Gasteiger partial charge in [0.15, 0.2) is 0 Å². The van der Waals surface area contributed by atoms with Crippen molar-refractivity contribution in [3.8, 4) is 0 Å². The molecule has 2 aromatic rings. The van der Waals surface area contributed by atoms with Gasteiger partial charge in [-0.2, -0.15) is 0 Å². The highest BCUT2D eigenvalue weighted by Gasteiger charge is 2.29. The third-order valence-corrected chi connectivity index (χ3v) is 5.69. The third-order valence-electron chi connectivity index (χ3n) is 3.85. The van der Waals surface area contributed by atoms with Crippen LogP contribution in [0.1, 0.15) is 58.9 Å². The van der Waals surface area contributed by atoms with E-state index in [4.69, 9.17) is 32.7 Å². The van der Waals surface area contributed by atoms with Crippen LogP contribution in [-0.2, 0) is 14.3 Å². The maximum atomic E-state index is 12.6. The van der Waals surface area contributed by atoms with Crippen LogP contribution in [0.4, 0.5) is 5.00 Å². The Bertz CT molecular complexity index is 1020. The number of carbonyl (C=O) groups excluding carboxylic acids is 3. The molecular weight excluding hydrogens is 461 g/mol. The average molecular weight is 484 g/mol. The predicted octanol–water partition coefficient (Wildman–Crippen LogP) is 6.15. The summed E-state index contributed by atoms with van der Waals surface area (Å²) in [5.41, 5.74) is 0.276. The van der Waals surface area contributed by atoms with Crippen molar-refractivity contribution in [1.82, 2.24) is 0 Å². The summed E-state index contributed by atoms with van der Waals surface area (Å²) in [6.45, 7) is 8.65. The predicted molar refractivity (Wildman–Crippen MR) is 124 cm³/mol. The summed E-state index contributed by atoms with van der Waals surface area (Å²) in [7, 11) is 0. The summed E-state index contributed by atoms with van der Waals surface area (Å²) in [6.07, 6.45) is 2.71. The topological polar surface area (TPSA) is 81.7 Å². The Hall–Kier alpha value is -2.35. The number of nitrogens with one attached hydrogen (secondary N) is 1. The molecule has 0 bridgehead atoms. The number of esters is 2. The van der Waals surface area contributed by atoms with Crippen LogP contribution in [0.3, 0.4) is 0 Å². The Labute approximate surface area is 195 Å². The van der Waals surface area contributed by atoms with Crippen molar-refractivity contribution in [2.45, 2.75) is 40.2 Å². The van der Waals surface area contributed by atoms with Crippen LogP contribution in [0.5, 0.6) is 0 Å². The molecular formula is C22H23Cl2NO5S. The van der Waals surface area contributed by atoms with Crippen molar-refractivity contribution < 1.29 is 23.9 Å². The number of halogens is 2. The largest absolute Gasteiger partial charge is 0.462 e. The molecule has 0 aliphatic carbocycles. The number of amides is 1. The van der Waals surface area contributed by atoms with Gasteiger partial charge in [0.25, 0.3) is 0 Å². The zero-order valence-electron chi connectivity index (χ0n) is 17.8. The van der Waals surface area contributed by atoms with Gasteiger partial charge >= 0.3 is 11.9 Å². The third kappa shape index (κ3) is 6.56. The summed E-state index contributed by atoms with van der Waals surface area (Å²) in [4.78, 5) is 37.8. The maximum absolute atomic E-state index is 12.6. The molecule has 0 aliphatic rings. The molecule has 0 atom stereocenters. The maximum Gasteiger partial charge on any atom is 0.349 e. The van der Waals surface area contributed by atoms with E-state index < -0.39 is 23.4 Å². The Kier molecular flexibility index (Phi) is 8.28. The number of benzene rings is 1. The number of hydrogen-bond acceptors (Lipinski definition) is 6. The van der Waals surface area contributed by atoms with E-state index in [0.29, 0.717) is 21.2 Å². The van der Waals surface area contributed by atoms with Crippen molar-refractivity contribution in [2.24, 2.45) is 0 Å². The normalized spacial score (nSPS) is 11.5. The number of thiophene rings is 1. The van der Waals surface area contributed by atoms with Gasteiger partial charge in [0.2, 0.25) is 5.91 Å². The van der Waals surface area contributed by atoms with E-state index in [9.17, 15) is 14.4 Å². The van der Waals surface area contributed by atoms with Gasteiger partial charge in [-0.1, -0.05) is 29.3 Å². The molecule has 0 saturated carbocycles. The number of anilines is 1. The lowest BCUT2D eigenvalue weighted by Crippen LogP contribution is -2.23. The fourth-order valence-corrected chi connectivity index (χ4v) is 4.15. The highest BCUT2D eigenvalue weighted by molar-refractivity contribution is 7.18. The zero-order valence-corrected chi connectivity index (χ0v) is 20.1. The van der Waals surface area contributed by atoms with Gasteiger partial charge in [-0.25, -0.2) is 9.59 Å². The zero-order chi connectivity index (χ0) is 23.3. The quantitative estimate of drug-likeness (QED) is 0.393. The van der Waals surface area contributed by atoms with Crippen LogP contribution in [-0.4, -0.2) is 30.1 Å². The molecule has 9 heteroatoms.